The Balaban J connectivity index is 2.66. The molecule has 0 fully saturated rings. The number of carbonyl (C=O) groups is 1. The van der Waals surface area contributed by atoms with Crippen LogP contribution in [0.15, 0.2) is 22.7 Å². The van der Waals surface area contributed by atoms with Crippen molar-refractivity contribution in [2.45, 2.75) is 39.3 Å². The van der Waals surface area contributed by atoms with Gasteiger partial charge < -0.3 is 15.5 Å². The van der Waals surface area contributed by atoms with Gasteiger partial charge in [0.2, 0.25) is 5.91 Å². The maximum Gasteiger partial charge on any atom is 0.221 e. The first-order valence-electron chi connectivity index (χ1n) is 7.18. The number of benzene rings is 1. The van der Waals surface area contributed by atoms with Crippen molar-refractivity contribution in [3.63, 3.8) is 0 Å². The molecule has 5 heteroatoms. The molecular formula is C16H26BrN3O. The van der Waals surface area contributed by atoms with Crippen molar-refractivity contribution in [3.05, 3.63) is 28.2 Å². The van der Waals surface area contributed by atoms with Gasteiger partial charge in [-0.05, 0) is 38.5 Å². The minimum atomic E-state index is 0.0620. The second kappa shape index (κ2) is 7.80. The molecule has 0 bridgehead atoms. The first-order chi connectivity index (χ1) is 9.73. The molecule has 118 valence electrons. The van der Waals surface area contributed by atoms with E-state index in [1.165, 1.54) is 5.56 Å². The standard InChI is InChI=1S/C16H26BrN3O/c1-16(2,3)19-11-12-6-7-13(10-14(12)17)20(5)9-8-15(21)18-4/h6-7,10,19H,8-9,11H2,1-5H3,(H,18,21). The Morgan fingerprint density at radius 1 is 1.33 bits per heavy atom. The van der Waals surface area contributed by atoms with E-state index in [1.54, 1.807) is 7.05 Å². The Bertz CT molecular complexity index is 483. The van der Waals surface area contributed by atoms with Gasteiger partial charge in [-0.1, -0.05) is 22.0 Å². The maximum absolute atomic E-state index is 11.3. The summed E-state index contributed by atoms with van der Waals surface area (Å²) in [7, 11) is 3.66. The monoisotopic (exact) mass is 355 g/mol. The fourth-order valence-corrected chi connectivity index (χ4v) is 2.31. The van der Waals surface area contributed by atoms with E-state index in [9.17, 15) is 4.79 Å². The topological polar surface area (TPSA) is 44.4 Å². The van der Waals surface area contributed by atoms with Crippen LogP contribution in [0.5, 0.6) is 0 Å². The summed E-state index contributed by atoms with van der Waals surface area (Å²) in [6.07, 6.45) is 0.498. The van der Waals surface area contributed by atoms with Crippen LogP contribution in [0.3, 0.4) is 0 Å². The van der Waals surface area contributed by atoms with E-state index >= 15 is 0 Å². The van der Waals surface area contributed by atoms with Crippen molar-refractivity contribution in [3.8, 4) is 0 Å². The van der Waals surface area contributed by atoms with E-state index in [4.69, 9.17) is 0 Å². The molecule has 0 aromatic heterocycles. The van der Waals surface area contributed by atoms with Gasteiger partial charge in [-0.2, -0.15) is 0 Å². The van der Waals surface area contributed by atoms with Gasteiger partial charge in [0.1, 0.15) is 0 Å². The molecule has 2 N–H and O–H groups in total. The molecule has 1 aromatic carbocycles. The molecular weight excluding hydrogens is 330 g/mol. The third kappa shape index (κ3) is 6.48. The van der Waals surface area contributed by atoms with Crippen LogP contribution in [0.2, 0.25) is 0 Å². The van der Waals surface area contributed by atoms with Crippen LogP contribution in [0.25, 0.3) is 0 Å². The molecule has 0 aliphatic rings. The highest BCUT2D eigenvalue weighted by Crippen LogP contribution is 2.24. The highest BCUT2D eigenvalue weighted by Gasteiger charge is 2.11. The number of rotatable bonds is 6. The van der Waals surface area contributed by atoms with Crippen LogP contribution in [0.1, 0.15) is 32.8 Å². The van der Waals surface area contributed by atoms with Crippen molar-refractivity contribution in [1.29, 1.82) is 0 Å². The highest BCUT2D eigenvalue weighted by molar-refractivity contribution is 9.10. The lowest BCUT2D eigenvalue weighted by molar-refractivity contribution is -0.120. The van der Waals surface area contributed by atoms with Gasteiger partial charge >= 0.3 is 0 Å². The Hall–Kier alpha value is -1.07. The van der Waals surface area contributed by atoms with E-state index < -0.39 is 0 Å². The van der Waals surface area contributed by atoms with E-state index in [0.29, 0.717) is 13.0 Å². The number of hydrogen-bond donors (Lipinski definition) is 2. The average Bonchev–Trinajstić information content (AvgIpc) is 2.41. The molecule has 0 unspecified atom stereocenters. The summed E-state index contributed by atoms with van der Waals surface area (Å²) >= 11 is 3.63. The van der Waals surface area contributed by atoms with Gasteiger partial charge in [0.05, 0.1) is 0 Å². The summed E-state index contributed by atoms with van der Waals surface area (Å²) in [5.41, 5.74) is 2.43. The van der Waals surface area contributed by atoms with Gasteiger partial charge in [0, 0.05) is 49.3 Å². The summed E-state index contributed by atoms with van der Waals surface area (Å²) in [6, 6.07) is 6.31. The summed E-state index contributed by atoms with van der Waals surface area (Å²) in [4.78, 5) is 13.4. The van der Waals surface area contributed by atoms with Gasteiger partial charge in [0.15, 0.2) is 0 Å². The predicted octanol–water partition coefficient (Wildman–Crippen LogP) is 2.91. The average molecular weight is 356 g/mol. The normalized spacial score (nSPS) is 11.3. The quantitative estimate of drug-likeness (QED) is 0.824. The van der Waals surface area contributed by atoms with E-state index in [2.05, 4.69) is 70.4 Å². The molecule has 0 saturated carbocycles. The number of anilines is 1. The van der Waals surface area contributed by atoms with Crippen LogP contribution in [-0.2, 0) is 11.3 Å². The van der Waals surface area contributed by atoms with Crippen molar-refractivity contribution in [2.75, 3.05) is 25.5 Å². The summed E-state index contributed by atoms with van der Waals surface area (Å²) < 4.78 is 1.09. The maximum atomic E-state index is 11.3. The number of carbonyl (C=O) groups excluding carboxylic acids is 1. The molecule has 0 atom stereocenters. The van der Waals surface area contributed by atoms with Gasteiger partial charge in [0.25, 0.3) is 0 Å². The van der Waals surface area contributed by atoms with E-state index in [-0.39, 0.29) is 11.4 Å². The van der Waals surface area contributed by atoms with Crippen molar-refractivity contribution in [1.82, 2.24) is 10.6 Å². The van der Waals surface area contributed by atoms with Crippen LogP contribution < -0.4 is 15.5 Å². The first-order valence-corrected chi connectivity index (χ1v) is 7.97. The molecule has 0 aliphatic heterocycles. The number of halogens is 1. The van der Waals surface area contributed by atoms with E-state index in [0.717, 1.165) is 16.7 Å². The summed E-state index contributed by atoms with van der Waals surface area (Å²) in [5.74, 6) is 0.0620. The molecule has 0 heterocycles. The Labute approximate surface area is 136 Å². The third-order valence-electron chi connectivity index (χ3n) is 3.24. The zero-order valence-electron chi connectivity index (χ0n) is 13.6. The summed E-state index contributed by atoms with van der Waals surface area (Å²) in [5, 5.41) is 6.12. The Kier molecular flexibility index (Phi) is 6.68. The second-order valence-corrected chi connectivity index (χ2v) is 7.08. The van der Waals surface area contributed by atoms with Crippen LogP contribution >= 0.6 is 15.9 Å². The van der Waals surface area contributed by atoms with Crippen LogP contribution in [0, 0.1) is 0 Å². The fraction of sp³-hybridized carbons (Fsp3) is 0.562. The van der Waals surface area contributed by atoms with Crippen molar-refractivity contribution >= 4 is 27.5 Å². The summed E-state index contributed by atoms with van der Waals surface area (Å²) in [6.45, 7) is 7.99. The van der Waals surface area contributed by atoms with Crippen LogP contribution in [-0.4, -0.2) is 32.1 Å². The van der Waals surface area contributed by atoms with Gasteiger partial charge in [-0.3, -0.25) is 4.79 Å². The SMILES string of the molecule is CNC(=O)CCN(C)c1ccc(CNC(C)(C)C)c(Br)c1. The molecule has 0 radical (unpaired) electrons. The molecule has 0 saturated heterocycles. The van der Waals surface area contributed by atoms with E-state index in [1.807, 2.05) is 7.05 Å². The lowest BCUT2D eigenvalue weighted by Gasteiger charge is -2.23. The molecule has 4 nitrogen and oxygen atoms in total. The zero-order valence-corrected chi connectivity index (χ0v) is 15.2. The third-order valence-corrected chi connectivity index (χ3v) is 3.98. The molecule has 1 rings (SSSR count). The highest BCUT2D eigenvalue weighted by atomic mass is 79.9. The lowest BCUT2D eigenvalue weighted by atomic mass is 10.1. The molecule has 1 amide bonds. The number of nitrogens with zero attached hydrogens (tertiary/aromatic N) is 1. The van der Waals surface area contributed by atoms with Crippen LogP contribution in [0.4, 0.5) is 5.69 Å². The van der Waals surface area contributed by atoms with Crippen molar-refractivity contribution < 1.29 is 4.79 Å². The fourth-order valence-electron chi connectivity index (χ4n) is 1.80. The smallest absolute Gasteiger partial charge is 0.221 e. The minimum absolute atomic E-state index is 0.0620. The number of nitrogens with one attached hydrogen (secondary N) is 2. The second-order valence-electron chi connectivity index (χ2n) is 6.22. The Morgan fingerprint density at radius 2 is 2.00 bits per heavy atom. The predicted molar refractivity (Wildman–Crippen MR) is 92.7 cm³/mol. The number of hydrogen-bond acceptors (Lipinski definition) is 3. The lowest BCUT2D eigenvalue weighted by Crippen LogP contribution is -2.35. The first kappa shape index (κ1) is 18.0. The van der Waals surface area contributed by atoms with Gasteiger partial charge in [-0.25, -0.2) is 0 Å². The van der Waals surface area contributed by atoms with Gasteiger partial charge in [-0.15, -0.1) is 0 Å². The molecule has 0 aliphatic carbocycles. The van der Waals surface area contributed by atoms with Crippen molar-refractivity contribution in [2.24, 2.45) is 0 Å². The largest absolute Gasteiger partial charge is 0.374 e. The zero-order chi connectivity index (χ0) is 16.0. The number of amides is 1. The Morgan fingerprint density at radius 3 is 2.52 bits per heavy atom. The molecule has 0 spiro atoms. The molecule has 1 aromatic rings. The molecule has 21 heavy (non-hydrogen) atoms. The minimum Gasteiger partial charge on any atom is -0.374 e.